The average molecular weight is 282 g/mol. The van der Waals surface area contributed by atoms with E-state index in [-0.39, 0.29) is 30.2 Å². The number of methoxy groups -OCH3 is 2. The molecule has 2 unspecified atom stereocenters. The summed E-state index contributed by atoms with van der Waals surface area (Å²) in [6.45, 7) is 0.137. The minimum atomic E-state index is -0.937. The summed E-state index contributed by atoms with van der Waals surface area (Å²) in [4.78, 5) is 13.8. The number of aliphatic hydroxyl groups excluding tert-OH is 2. The van der Waals surface area contributed by atoms with Crippen LogP contribution in [0, 0.1) is 0 Å². The van der Waals surface area contributed by atoms with Gasteiger partial charge in [-0.25, -0.2) is 0 Å². The topological polar surface area (TPSA) is 105 Å². The van der Waals surface area contributed by atoms with Crippen LogP contribution in [0.5, 0.6) is 11.5 Å². The van der Waals surface area contributed by atoms with Crippen molar-refractivity contribution < 1.29 is 24.5 Å². The zero-order valence-electron chi connectivity index (χ0n) is 11.4. The molecule has 1 aromatic rings. The van der Waals surface area contributed by atoms with Gasteiger partial charge in [-0.1, -0.05) is 0 Å². The van der Waals surface area contributed by atoms with Crippen molar-refractivity contribution in [1.29, 1.82) is 0 Å². The van der Waals surface area contributed by atoms with Crippen molar-refractivity contribution in [2.24, 2.45) is 0 Å². The van der Waals surface area contributed by atoms with E-state index >= 15 is 0 Å². The number of nitrogens with zero attached hydrogens (tertiary/aromatic N) is 1. The third kappa shape index (κ3) is 2.50. The number of carbonyl (C=O) groups is 1. The third-order valence-electron chi connectivity index (χ3n) is 3.35. The van der Waals surface area contributed by atoms with Gasteiger partial charge < -0.3 is 30.3 Å². The molecule has 4 N–H and O–H groups in total. The van der Waals surface area contributed by atoms with E-state index in [2.05, 4.69) is 0 Å². The molecule has 1 heterocycles. The molecule has 1 amide bonds. The lowest BCUT2D eigenvalue weighted by atomic mass is 10.1. The first-order valence-electron chi connectivity index (χ1n) is 6.14. The lowest BCUT2D eigenvalue weighted by Crippen LogP contribution is -2.30. The van der Waals surface area contributed by atoms with E-state index in [0.717, 1.165) is 0 Å². The fourth-order valence-electron chi connectivity index (χ4n) is 2.17. The Morgan fingerprint density at radius 2 is 1.85 bits per heavy atom. The Labute approximate surface area is 116 Å². The number of β-amino-alcohol motifs (C(OH)–C–C–N with tert-alkyl or cyclic N) is 2. The Morgan fingerprint density at radius 3 is 2.35 bits per heavy atom. The van der Waals surface area contributed by atoms with Gasteiger partial charge in [-0.05, 0) is 6.07 Å². The minimum absolute atomic E-state index is 0.0684. The fraction of sp³-hybridized carbons (Fsp3) is 0.462. The second-order valence-electron chi connectivity index (χ2n) is 4.64. The quantitative estimate of drug-likeness (QED) is 0.643. The molecule has 0 bridgehead atoms. The highest BCUT2D eigenvalue weighted by Gasteiger charge is 2.34. The van der Waals surface area contributed by atoms with E-state index in [1.165, 1.54) is 25.2 Å². The highest BCUT2D eigenvalue weighted by Crippen LogP contribution is 2.32. The lowest BCUT2D eigenvalue weighted by Gasteiger charge is -2.18. The zero-order valence-corrected chi connectivity index (χ0v) is 11.4. The molecular formula is C13H18N2O5. The van der Waals surface area contributed by atoms with Gasteiger partial charge in [0.25, 0.3) is 5.91 Å². The predicted molar refractivity (Wildman–Crippen MR) is 71.9 cm³/mol. The molecule has 2 rings (SSSR count). The van der Waals surface area contributed by atoms with Crippen molar-refractivity contribution in [2.45, 2.75) is 12.2 Å². The van der Waals surface area contributed by atoms with E-state index in [9.17, 15) is 15.0 Å². The molecule has 1 aliphatic rings. The monoisotopic (exact) mass is 282 g/mol. The summed E-state index contributed by atoms with van der Waals surface area (Å²) in [6.07, 6.45) is -1.87. The molecule has 7 heteroatoms. The van der Waals surface area contributed by atoms with Crippen molar-refractivity contribution in [2.75, 3.05) is 33.0 Å². The van der Waals surface area contributed by atoms with Crippen LogP contribution < -0.4 is 15.2 Å². The van der Waals surface area contributed by atoms with Crippen LogP contribution in [0.15, 0.2) is 12.1 Å². The first kappa shape index (κ1) is 14.4. The fourth-order valence-corrected chi connectivity index (χ4v) is 2.17. The molecule has 7 nitrogen and oxygen atoms in total. The predicted octanol–water partition coefficient (Wildman–Crippen LogP) is -0.536. The summed E-state index contributed by atoms with van der Waals surface area (Å²) in [5, 5.41) is 19.0. The van der Waals surface area contributed by atoms with Crippen LogP contribution >= 0.6 is 0 Å². The Hall–Kier alpha value is -1.99. The van der Waals surface area contributed by atoms with Gasteiger partial charge in [-0.3, -0.25) is 4.79 Å². The summed E-state index contributed by atoms with van der Waals surface area (Å²) in [6, 6.07) is 3.09. The maximum Gasteiger partial charge on any atom is 0.256 e. The van der Waals surface area contributed by atoms with Crippen LogP contribution in [0.4, 0.5) is 5.69 Å². The molecule has 1 saturated heterocycles. The first-order chi connectivity index (χ1) is 9.47. The molecule has 0 spiro atoms. The van der Waals surface area contributed by atoms with Crippen LogP contribution in [-0.2, 0) is 0 Å². The summed E-state index contributed by atoms with van der Waals surface area (Å²) < 4.78 is 10.2. The number of nitrogen functional groups attached to an aromatic ring is 1. The van der Waals surface area contributed by atoms with Crippen molar-refractivity contribution in [3.8, 4) is 11.5 Å². The van der Waals surface area contributed by atoms with Crippen LogP contribution in [0.3, 0.4) is 0 Å². The number of carbonyl (C=O) groups excluding carboxylic acids is 1. The van der Waals surface area contributed by atoms with Gasteiger partial charge in [-0.15, -0.1) is 0 Å². The number of aliphatic hydroxyl groups is 2. The van der Waals surface area contributed by atoms with Crippen molar-refractivity contribution in [3.05, 3.63) is 17.7 Å². The highest BCUT2D eigenvalue weighted by atomic mass is 16.5. The summed E-state index contributed by atoms with van der Waals surface area (Å²) in [5.41, 5.74) is 6.33. The largest absolute Gasteiger partial charge is 0.497 e. The second-order valence-corrected chi connectivity index (χ2v) is 4.64. The number of nitrogens with two attached hydrogens (primary N) is 1. The molecule has 20 heavy (non-hydrogen) atoms. The Morgan fingerprint density at radius 1 is 1.25 bits per heavy atom. The standard InChI is InChI=1S/C13H18N2O5/c1-19-7-3-8(12(14)11(4-7)20-2)13(18)15-5-9(16)10(17)6-15/h3-4,9-10,16-17H,5-6,14H2,1-2H3. The molecule has 1 fully saturated rings. The van der Waals surface area contributed by atoms with Crippen molar-refractivity contribution in [3.63, 3.8) is 0 Å². The van der Waals surface area contributed by atoms with E-state index in [1.807, 2.05) is 0 Å². The molecule has 1 aromatic carbocycles. The van der Waals surface area contributed by atoms with Crippen LogP contribution in [0.1, 0.15) is 10.4 Å². The summed E-state index contributed by atoms with van der Waals surface area (Å²) in [5.74, 6) is 0.406. The Balaban J connectivity index is 2.34. The number of hydrogen-bond acceptors (Lipinski definition) is 6. The van der Waals surface area contributed by atoms with Crippen molar-refractivity contribution >= 4 is 11.6 Å². The molecular weight excluding hydrogens is 264 g/mol. The first-order valence-corrected chi connectivity index (χ1v) is 6.14. The van der Waals surface area contributed by atoms with Crippen LogP contribution in [0.25, 0.3) is 0 Å². The summed E-state index contributed by atoms with van der Waals surface area (Å²) in [7, 11) is 2.92. The lowest BCUT2D eigenvalue weighted by molar-refractivity contribution is 0.0572. The van der Waals surface area contributed by atoms with E-state index in [1.54, 1.807) is 6.07 Å². The number of likely N-dealkylation sites (tertiary alicyclic amines) is 1. The van der Waals surface area contributed by atoms with E-state index in [4.69, 9.17) is 15.2 Å². The van der Waals surface area contributed by atoms with Gasteiger partial charge in [0, 0.05) is 19.2 Å². The molecule has 0 aromatic heterocycles. The van der Waals surface area contributed by atoms with Gasteiger partial charge >= 0.3 is 0 Å². The third-order valence-corrected chi connectivity index (χ3v) is 3.35. The van der Waals surface area contributed by atoms with E-state index in [0.29, 0.717) is 11.5 Å². The molecule has 1 aliphatic heterocycles. The van der Waals surface area contributed by atoms with Gasteiger partial charge in [0.05, 0.1) is 37.7 Å². The summed E-state index contributed by atoms with van der Waals surface area (Å²) >= 11 is 0. The van der Waals surface area contributed by atoms with Crippen LogP contribution in [0.2, 0.25) is 0 Å². The zero-order chi connectivity index (χ0) is 14.9. The number of amides is 1. The molecule has 110 valence electrons. The van der Waals surface area contributed by atoms with Gasteiger partial charge in [0.15, 0.2) is 0 Å². The number of ether oxygens (including phenoxy) is 2. The maximum absolute atomic E-state index is 12.4. The molecule has 2 atom stereocenters. The highest BCUT2D eigenvalue weighted by molar-refractivity contribution is 6.01. The SMILES string of the molecule is COc1cc(OC)c(N)c(C(=O)N2CC(O)C(O)C2)c1. The Kier molecular flexibility index (Phi) is 4.01. The molecule has 0 radical (unpaired) electrons. The van der Waals surface area contributed by atoms with Crippen molar-refractivity contribution in [1.82, 2.24) is 4.90 Å². The smallest absolute Gasteiger partial charge is 0.256 e. The second kappa shape index (κ2) is 5.56. The number of hydrogen-bond donors (Lipinski definition) is 3. The van der Waals surface area contributed by atoms with E-state index < -0.39 is 12.2 Å². The number of rotatable bonds is 3. The van der Waals surface area contributed by atoms with Gasteiger partial charge in [0.1, 0.15) is 11.5 Å². The van der Waals surface area contributed by atoms with Gasteiger partial charge in [-0.2, -0.15) is 0 Å². The Bertz CT molecular complexity index is 510. The maximum atomic E-state index is 12.4. The normalized spacial score (nSPS) is 21.9. The number of benzene rings is 1. The van der Waals surface area contributed by atoms with Gasteiger partial charge in [0.2, 0.25) is 0 Å². The van der Waals surface area contributed by atoms with Crippen LogP contribution in [-0.4, -0.2) is 60.5 Å². The average Bonchev–Trinajstić information content (AvgIpc) is 2.78. The molecule has 0 saturated carbocycles. The minimum Gasteiger partial charge on any atom is -0.497 e. The molecule has 0 aliphatic carbocycles. The number of anilines is 1.